The van der Waals surface area contributed by atoms with Gasteiger partial charge >= 0.3 is 5.97 Å². The molecule has 1 saturated heterocycles. The molecular formula is C11H16N2O4S. The van der Waals surface area contributed by atoms with Crippen LogP contribution in [0.15, 0.2) is 16.1 Å². The topological polar surface area (TPSA) is 87.0 Å². The highest BCUT2D eigenvalue weighted by molar-refractivity contribution is 8.11. The standard InChI is InChI=1S/C11H16N2O4S/c14-11(15)10-12-7-9(18(10,16)17)8-13-5-3-1-2-4-6-13/h7H,1-6,8H2,(H,14,15). The number of rotatable bonds is 3. The smallest absolute Gasteiger partial charge is 0.366 e. The minimum atomic E-state index is -3.87. The molecule has 0 bridgehead atoms. The van der Waals surface area contributed by atoms with Crippen molar-refractivity contribution in [3.05, 3.63) is 11.1 Å². The van der Waals surface area contributed by atoms with E-state index in [2.05, 4.69) is 9.89 Å². The van der Waals surface area contributed by atoms with E-state index in [1.54, 1.807) is 0 Å². The molecule has 2 heterocycles. The highest BCUT2D eigenvalue weighted by atomic mass is 32.2. The Bertz CT molecular complexity index is 499. The molecule has 1 fully saturated rings. The fraction of sp³-hybridized carbons (Fsp3) is 0.636. The van der Waals surface area contributed by atoms with Crippen LogP contribution in [0.25, 0.3) is 0 Å². The molecule has 0 aromatic heterocycles. The summed E-state index contributed by atoms with van der Waals surface area (Å²) in [5.41, 5.74) is 0. The van der Waals surface area contributed by atoms with Gasteiger partial charge in [-0.05, 0) is 25.9 Å². The van der Waals surface area contributed by atoms with Crippen molar-refractivity contribution in [3.63, 3.8) is 0 Å². The first kappa shape index (κ1) is 13.2. The zero-order valence-corrected chi connectivity index (χ0v) is 10.8. The van der Waals surface area contributed by atoms with Crippen LogP contribution in [0, 0.1) is 0 Å². The van der Waals surface area contributed by atoms with Crippen molar-refractivity contribution in [2.24, 2.45) is 4.99 Å². The van der Waals surface area contributed by atoms with E-state index in [0.29, 0.717) is 0 Å². The molecule has 0 radical (unpaired) electrons. The van der Waals surface area contributed by atoms with Crippen LogP contribution in [-0.4, -0.2) is 49.1 Å². The molecule has 0 amide bonds. The number of nitrogens with zero attached hydrogens (tertiary/aromatic N) is 2. The van der Waals surface area contributed by atoms with E-state index in [1.165, 1.54) is 19.0 Å². The lowest BCUT2D eigenvalue weighted by molar-refractivity contribution is -0.129. The van der Waals surface area contributed by atoms with Crippen molar-refractivity contribution in [1.29, 1.82) is 0 Å². The normalized spacial score (nSPS) is 24.2. The number of carbonyl (C=O) groups is 1. The second kappa shape index (κ2) is 5.19. The van der Waals surface area contributed by atoms with Crippen molar-refractivity contribution in [2.45, 2.75) is 25.7 Å². The number of aliphatic imine (C=N–C) groups is 1. The van der Waals surface area contributed by atoms with Gasteiger partial charge in [0, 0.05) is 12.7 Å². The third-order valence-electron chi connectivity index (χ3n) is 3.19. The Labute approximate surface area is 106 Å². The van der Waals surface area contributed by atoms with Crippen molar-refractivity contribution in [3.8, 4) is 0 Å². The minimum Gasteiger partial charge on any atom is -0.476 e. The predicted octanol–water partition coefficient (Wildman–Crippen LogP) is 0.615. The Hall–Kier alpha value is -1.21. The van der Waals surface area contributed by atoms with E-state index < -0.39 is 20.9 Å². The maximum atomic E-state index is 11.9. The summed E-state index contributed by atoms with van der Waals surface area (Å²) in [6.45, 7) is 1.98. The van der Waals surface area contributed by atoms with Crippen LogP contribution in [-0.2, 0) is 14.6 Å². The second-order valence-corrected chi connectivity index (χ2v) is 6.45. The van der Waals surface area contributed by atoms with Gasteiger partial charge in [0.2, 0.25) is 14.9 Å². The minimum absolute atomic E-state index is 0.0989. The fourth-order valence-corrected chi connectivity index (χ4v) is 3.42. The first-order chi connectivity index (χ1) is 8.51. The third kappa shape index (κ3) is 2.62. The molecular weight excluding hydrogens is 256 g/mol. The van der Waals surface area contributed by atoms with Crippen LogP contribution in [0.3, 0.4) is 0 Å². The summed E-state index contributed by atoms with van der Waals surface area (Å²) in [5.74, 6) is -1.49. The van der Waals surface area contributed by atoms with Crippen LogP contribution >= 0.6 is 0 Å². The number of carboxylic acid groups (broad SMARTS) is 1. The lowest BCUT2D eigenvalue weighted by atomic mass is 10.2. The van der Waals surface area contributed by atoms with Gasteiger partial charge < -0.3 is 5.11 Å². The Balaban J connectivity index is 2.06. The van der Waals surface area contributed by atoms with Gasteiger partial charge in [0.25, 0.3) is 0 Å². The SMILES string of the molecule is O=C(O)C1=NC=C(CN2CCCCCC2)S1(=O)=O. The number of hydrogen-bond acceptors (Lipinski definition) is 5. The number of likely N-dealkylation sites (tertiary alicyclic amines) is 1. The quantitative estimate of drug-likeness (QED) is 0.813. The van der Waals surface area contributed by atoms with Crippen molar-refractivity contribution >= 4 is 20.9 Å². The summed E-state index contributed by atoms with van der Waals surface area (Å²) in [6.07, 6.45) is 5.61. The molecule has 100 valence electrons. The largest absolute Gasteiger partial charge is 0.476 e. The monoisotopic (exact) mass is 272 g/mol. The van der Waals surface area contributed by atoms with Gasteiger partial charge in [-0.1, -0.05) is 12.8 Å². The van der Waals surface area contributed by atoms with E-state index in [4.69, 9.17) is 5.11 Å². The molecule has 0 aromatic carbocycles. The summed E-state index contributed by atoms with van der Waals surface area (Å²) in [4.78, 5) is 16.4. The highest BCUT2D eigenvalue weighted by Crippen LogP contribution is 2.20. The molecule has 2 aliphatic heterocycles. The average molecular weight is 272 g/mol. The number of sulfone groups is 1. The lowest BCUT2D eigenvalue weighted by Gasteiger charge is -2.19. The van der Waals surface area contributed by atoms with E-state index >= 15 is 0 Å². The van der Waals surface area contributed by atoms with E-state index in [0.717, 1.165) is 25.9 Å². The summed E-state index contributed by atoms with van der Waals surface area (Å²) in [6, 6.07) is 0. The number of aliphatic carboxylic acids is 1. The summed E-state index contributed by atoms with van der Waals surface area (Å²) in [7, 11) is -3.87. The van der Waals surface area contributed by atoms with E-state index in [1.807, 2.05) is 0 Å². The number of hydrogen-bond donors (Lipinski definition) is 1. The predicted molar refractivity (Wildman–Crippen MR) is 67.0 cm³/mol. The molecule has 0 atom stereocenters. The molecule has 0 aromatic rings. The maximum absolute atomic E-state index is 11.9. The molecule has 1 N–H and O–H groups in total. The molecule has 18 heavy (non-hydrogen) atoms. The Morgan fingerprint density at radius 3 is 2.39 bits per heavy atom. The third-order valence-corrected chi connectivity index (χ3v) is 4.90. The van der Waals surface area contributed by atoms with Gasteiger partial charge in [0.1, 0.15) is 0 Å². The summed E-state index contributed by atoms with van der Waals surface area (Å²) < 4.78 is 23.8. The van der Waals surface area contributed by atoms with Crippen LogP contribution in [0.4, 0.5) is 0 Å². The summed E-state index contributed by atoms with van der Waals surface area (Å²) >= 11 is 0. The zero-order valence-electron chi connectivity index (χ0n) is 10.0. The van der Waals surface area contributed by atoms with Gasteiger partial charge in [-0.3, -0.25) is 4.90 Å². The molecule has 6 nitrogen and oxygen atoms in total. The maximum Gasteiger partial charge on any atom is 0.366 e. The average Bonchev–Trinajstić information content (AvgIpc) is 2.50. The second-order valence-electron chi connectivity index (χ2n) is 4.53. The zero-order chi connectivity index (χ0) is 13.2. The Morgan fingerprint density at radius 1 is 1.28 bits per heavy atom. The fourth-order valence-electron chi connectivity index (χ4n) is 2.20. The van der Waals surface area contributed by atoms with E-state index in [-0.39, 0.29) is 11.4 Å². The van der Waals surface area contributed by atoms with Crippen LogP contribution < -0.4 is 0 Å². The highest BCUT2D eigenvalue weighted by Gasteiger charge is 2.35. The molecule has 0 spiro atoms. The van der Waals surface area contributed by atoms with Gasteiger partial charge in [-0.15, -0.1) is 0 Å². The van der Waals surface area contributed by atoms with Gasteiger partial charge in [-0.2, -0.15) is 0 Å². The van der Waals surface area contributed by atoms with Gasteiger partial charge in [-0.25, -0.2) is 18.2 Å². The molecule has 0 aliphatic carbocycles. The van der Waals surface area contributed by atoms with Crippen LogP contribution in [0.2, 0.25) is 0 Å². The molecule has 0 unspecified atom stereocenters. The Kier molecular flexibility index (Phi) is 3.82. The number of carboxylic acids is 1. The lowest BCUT2D eigenvalue weighted by Crippen LogP contribution is -2.31. The van der Waals surface area contributed by atoms with Crippen molar-refractivity contribution < 1.29 is 18.3 Å². The molecule has 2 aliphatic rings. The van der Waals surface area contributed by atoms with Crippen molar-refractivity contribution in [1.82, 2.24) is 4.90 Å². The molecule has 7 heteroatoms. The van der Waals surface area contributed by atoms with Crippen molar-refractivity contribution in [2.75, 3.05) is 19.6 Å². The van der Waals surface area contributed by atoms with Gasteiger partial charge in [0.15, 0.2) is 0 Å². The molecule has 2 rings (SSSR count). The first-order valence-corrected chi connectivity index (χ1v) is 7.48. The van der Waals surface area contributed by atoms with Crippen LogP contribution in [0.5, 0.6) is 0 Å². The molecule has 0 saturated carbocycles. The van der Waals surface area contributed by atoms with Crippen LogP contribution in [0.1, 0.15) is 25.7 Å². The van der Waals surface area contributed by atoms with Gasteiger partial charge in [0.05, 0.1) is 4.91 Å². The summed E-state index contributed by atoms with van der Waals surface area (Å²) in [5, 5.41) is 8.00. The first-order valence-electron chi connectivity index (χ1n) is 5.99. The van der Waals surface area contributed by atoms with E-state index in [9.17, 15) is 13.2 Å². The Morgan fingerprint density at radius 2 is 1.89 bits per heavy atom.